The number of hydrogen-bond acceptors (Lipinski definition) is 5. The highest BCUT2D eigenvalue weighted by Gasteiger charge is 2.34. The van der Waals surface area contributed by atoms with Gasteiger partial charge in [0.1, 0.15) is 4.60 Å². The summed E-state index contributed by atoms with van der Waals surface area (Å²) in [4.78, 5) is 26.3. The first-order valence-corrected chi connectivity index (χ1v) is 5.88. The lowest BCUT2D eigenvalue weighted by Gasteiger charge is -2.28. The maximum atomic E-state index is 11.7. The van der Waals surface area contributed by atoms with E-state index in [0.717, 1.165) is 0 Å². The molecule has 0 saturated heterocycles. The van der Waals surface area contributed by atoms with Gasteiger partial charge in [-0.1, -0.05) is 0 Å². The Morgan fingerprint density at radius 2 is 2.39 bits per heavy atom. The number of aromatic nitrogens is 1. The third-order valence-electron chi connectivity index (χ3n) is 2.38. The van der Waals surface area contributed by atoms with Crippen LogP contribution in [0.3, 0.4) is 0 Å². The molecule has 1 aromatic rings. The molecule has 2 unspecified atom stereocenters. The Bertz CT molecular complexity index is 508. The third kappa shape index (κ3) is 2.59. The van der Waals surface area contributed by atoms with Gasteiger partial charge in [0.2, 0.25) is 0 Å². The number of nitrogens with two attached hydrogens (primary N) is 1. The highest BCUT2D eigenvalue weighted by molar-refractivity contribution is 9.10. The van der Waals surface area contributed by atoms with Gasteiger partial charge in [0.15, 0.2) is 17.7 Å². The van der Waals surface area contributed by atoms with Crippen LogP contribution in [0, 0.1) is 0 Å². The Hall–Kier alpha value is -1.67. The number of aliphatic carboxylic acids is 1. The number of carbonyl (C=O) groups excluding carboxylic acids is 1. The predicted molar refractivity (Wildman–Crippen MR) is 65.2 cm³/mol. The topological polar surface area (TPSA) is 115 Å². The molecule has 0 bridgehead atoms. The zero-order valence-corrected chi connectivity index (χ0v) is 10.7. The smallest absolute Gasteiger partial charge is 0.305 e. The molecule has 4 N–H and O–H groups in total. The second-order valence-electron chi connectivity index (χ2n) is 3.77. The molecule has 0 spiro atoms. The largest absolute Gasteiger partial charge is 0.481 e. The minimum Gasteiger partial charge on any atom is -0.481 e. The molecule has 18 heavy (non-hydrogen) atoms. The van der Waals surface area contributed by atoms with Crippen LogP contribution >= 0.6 is 15.9 Å². The minimum absolute atomic E-state index is 0.285. The van der Waals surface area contributed by atoms with Gasteiger partial charge in [-0.2, -0.15) is 0 Å². The molecule has 1 amide bonds. The first-order chi connectivity index (χ1) is 8.47. The fraction of sp³-hybridized carbons (Fsp3) is 0.300. The highest BCUT2D eigenvalue weighted by atomic mass is 79.9. The number of halogens is 1. The summed E-state index contributed by atoms with van der Waals surface area (Å²) in [6.07, 6.45) is -1.38. The number of fused-ring (bicyclic) bond motifs is 1. The van der Waals surface area contributed by atoms with Gasteiger partial charge in [0, 0.05) is 0 Å². The zero-order valence-electron chi connectivity index (χ0n) is 9.09. The number of carboxylic acid groups (broad SMARTS) is 1. The summed E-state index contributed by atoms with van der Waals surface area (Å²) >= 11 is 3.17. The number of ether oxygens (including phenoxy) is 1. The number of rotatable bonds is 3. The van der Waals surface area contributed by atoms with Crippen LogP contribution in [0.25, 0.3) is 0 Å². The highest BCUT2D eigenvalue weighted by Crippen LogP contribution is 2.29. The average Bonchev–Trinajstić information content (AvgIpc) is 2.26. The summed E-state index contributed by atoms with van der Waals surface area (Å²) in [5, 5.41) is 11.2. The number of carboxylic acids is 1. The lowest BCUT2D eigenvalue weighted by molar-refractivity contribution is -0.138. The van der Waals surface area contributed by atoms with Gasteiger partial charge in [-0.05, 0) is 28.1 Å². The maximum Gasteiger partial charge on any atom is 0.305 e. The Labute approximate surface area is 110 Å². The van der Waals surface area contributed by atoms with Crippen LogP contribution < -0.4 is 15.8 Å². The normalized spacial score (nSPS) is 19.4. The molecule has 1 aliphatic rings. The number of amides is 1. The summed E-state index contributed by atoms with van der Waals surface area (Å²) in [6.45, 7) is 0. The molecule has 0 aliphatic carbocycles. The SMILES string of the molecule is NC(CC(=O)O)C1Oc2ccc(Br)nc2NC1=O. The number of nitrogens with zero attached hydrogens (tertiary/aromatic N) is 1. The van der Waals surface area contributed by atoms with Crippen molar-refractivity contribution >= 4 is 33.6 Å². The maximum absolute atomic E-state index is 11.7. The van der Waals surface area contributed by atoms with E-state index in [9.17, 15) is 9.59 Å². The van der Waals surface area contributed by atoms with E-state index in [1.807, 2.05) is 0 Å². The van der Waals surface area contributed by atoms with Crippen molar-refractivity contribution in [3.63, 3.8) is 0 Å². The fourth-order valence-electron chi connectivity index (χ4n) is 1.58. The molecule has 8 heteroatoms. The van der Waals surface area contributed by atoms with Crippen molar-refractivity contribution in [1.29, 1.82) is 0 Å². The van der Waals surface area contributed by atoms with Gasteiger partial charge in [-0.25, -0.2) is 4.98 Å². The molecule has 0 saturated carbocycles. The summed E-state index contributed by atoms with van der Waals surface area (Å²) in [5.41, 5.74) is 5.63. The lowest BCUT2D eigenvalue weighted by atomic mass is 10.1. The van der Waals surface area contributed by atoms with Crippen molar-refractivity contribution in [3.8, 4) is 5.75 Å². The monoisotopic (exact) mass is 315 g/mol. The lowest BCUT2D eigenvalue weighted by Crippen LogP contribution is -2.50. The van der Waals surface area contributed by atoms with E-state index in [0.29, 0.717) is 10.4 Å². The molecule has 7 nitrogen and oxygen atoms in total. The Balaban J connectivity index is 2.20. The Morgan fingerprint density at radius 3 is 3.06 bits per heavy atom. The molecule has 2 atom stereocenters. The van der Waals surface area contributed by atoms with E-state index >= 15 is 0 Å². The van der Waals surface area contributed by atoms with Crippen molar-refractivity contribution in [2.45, 2.75) is 18.6 Å². The molecular weight excluding hydrogens is 306 g/mol. The number of hydrogen-bond donors (Lipinski definition) is 3. The van der Waals surface area contributed by atoms with Crippen molar-refractivity contribution < 1.29 is 19.4 Å². The van der Waals surface area contributed by atoms with Gasteiger partial charge >= 0.3 is 5.97 Å². The Kier molecular flexibility index (Phi) is 3.48. The van der Waals surface area contributed by atoms with Crippen LogP contribution in [0.4, 0.5) is 5.82 Å². The number of carbonyl (C=O) groups is 2. The van der Waals surface area contributed by atoms with Crippen molar-refractivity contribution in [2.24, 2.45) is 5.73 Å². The molecule has 96 valence electrons. The van der Waals surface area contributed by atoms with Crippen molar-refractivity contribution in [1.82, 2.24) is 4.98 Å². The van der Waals surface area contributed by atoms with Crippen LogP contribution in [0.5, 0.6) is 5.75 Å². The summed E-state index contributed by atoms with van der Waals surface area (Å²) in [7, 11) is 0. The molecule has 1 aromatic heterocycles. The molecule has 1 aliphatic heterocycles. The average molecular weight is 316 g/mol. The number of pyridine rings is 1. The molecule has 2 heterocycles. The van der Waals surface area contributed by atoms with E-state index in [4.69, 9.17) is 15.6 Å². The Morgan fingerprint density at radius 1 is 1.67 bits per heavy atom. The van der Waals surface area contributed by atoms with Gasteiger partial charge in [0.05, 0.1) is 12.5 Å². The van der Waals surface area contributed by atoms with E-state index in [-0.39, 0.29) is 12.2 Å². The van der Waals surface area contributed by atoms with Crippen LogP contribution in [0.2, 0.25) is 0 Å². The second kappa shape index (κ2) is 4.91. The summed E-state index contributed by atoms with van der Waals surface area (Å²) < 4.78 is 5.93. The second-order valence-corrected chi connectivity index (χ2v) is 4.58. The summed E-state index contributed by atoms with van der Waals surface area (Å²) in [5.74, 6) is -0.933. The molecule has 0 radical (unpaired) electrons. The molecular formula is C10H10BrN3O4. The van der Waals surface area contributed by atoms with E-state index in [1.165, 1.54) is 0 Å². The fourth-order valence-corrected chi connectivity index (χ4v) is 1.89. The number of anilines is 1. The quantitative estimate of drug-likeness (QED) is 0.693. The van der Waals surface area contributed by atoms with Crippen molar-refractivity contribution in [3.05, 3.63) is 16.7 Å². The standard InChI is InChI=1S/C10H10BrN3O4/c11-6-2-1-5-9(13-6)14-10(17)8(18-5)4(12)3-7(15)16/h1-2,4,8H,3,12H2,(H,15,16)(H,13,14,17). The minimum atomic E-state index is -1.08. The first kappa shape index (κ1) is 12.8. The van der Waals surface area contributed by atoms with Crippen LogP contribution in [-0.4, -0.2) is 34.1 Å². The summed E-state index contributed by atoms with van der Waals surface area (Å²) in [6, 6.07) is 2.35. The van der Waals surface area contributed by atoms with E-state index in [2.05, 4.69) is 26.2 Å². The van der Waals surface area contributed by atoms with Crippen molar-refractivity contribution in [2.75, 3.05) is 5.32 Å². The zero-order chi connectivity index (χ0) is 13.3. The molecule has 2 rings (SSSR count). The molecule has 0 aromatic carbocycles. The van der Waals surface area contributed by atoms with E-state index < -0.39 is 24.0 Å². The van der Waals surface area contributed by atoms with Gasteiger partial charge in [0.25, 0.3) is 5.91 Å². The van der Waals surface area contributed by atoms with Crippen LogP contribution in [0.1, 0.15) is 6.42 Å². The van der Waals surface area contributed by atoms with Gasteiger partial charge in [-0.3, -0.25) is 9.59 Å². The third-order valence-corrected chi connectivity index (χ3v) is 2.82. The van der Waals surface area contributed by atoms with E-state index in [1.54, 1.807) is 12.1 Å². The first-order valence-electron chi connectivity index (χ1n) is 5.09. The predicted octanol–water partition coefficient (Wildman–Crippen LogP) is 0.346. The number of nitrogens with one attached hydrogen (secondary N) is 1. The van der Waals surface area contributed by atoms with Crippen LogP contribution in [0.15, 0.2) is 16.7 Å². The van der Waals surface area contributed by atoms with Crippen LogP contribution in [-0.2, 0) is 9.59 Å². The van der Waals surface area contributed by atoms with Gasteiger partial charge < -0.3 is 20.9 Å². The molecule has 0 fully saturated rings. The van der Waals surface area contributed by atoms with Gasteiger partial charge in [-0.15, -0.1) is 0 Å².